The van der Waals surface area contributed by atoms with Crippen molar-refractivity contribution in [2.45, 2.75) is 19.4 Å². The molecule has 138 valence electrons. The summed E-state index contributed by atoms with van der Waals surface area (Å²) in [7, 11) is 1.99. The van der Waals surface area contributed by atoms with Crippen LogP contribution < -0.4 is 4.90 Å². The van der Waals surface area contributed by atoms with Crippen LogP contribution in [0.15, 0.2) is 42.6 Å². The first-order valence-corrected chi connectivity index (χ1v) is 9.58. The van der Waals surface area contributed by atoms with E-state index in [4.69, 9.17) is 4.98 Å². The van der Waals surface area contributed by atoms with Gasteiger partial charge in [0.2, 0.25) is 11.9 Å². The number of nitrogens with zero attached hydrogens (tertiary/aromatic N) is 5. The summed E-state index contributed by atoms with van der Waals surface area (Å²) < 4.78 is 2.03. The number of imidazole rings is 1. The summed E-state index contributed by atoms with van der Waals surface area (Å²) in [6, 6.07) is 12.3. The number of carbonyl (C=O) groups excluding carboxylic acids is 1. The minimum atomic E-state index is 0.0445. The third-order valence-electron chi connectivity index (χ3n) is 5.87. The van der Waals surface area contributed by atoms with Crippen LogP contribution in [0.1, 0.15) is 17.5 Å². The monoisotopic (exact) mass is 361 g/mol. The van der Waals surface area contributed by atoms with Crippen LogP contribution in [0.2, 0.25) is 0 Å². The van der Waals surface area contributed by atoms with Crippen molar-refractivity contribution in [3.8, 4) is 0 Å². The molecule has 0 saturated carbocycles. The molecule has 1 atom stereocenters. The number of fused-ring (bicyclic) bond motifs is 2. The fraction of sp³-hybridized carbons (Fsp3) is 0.381. The van der Waals surface area contributed by atoms with Crippen LogP contribution in [0.4, 0.5) is 5.95 Å². The summed E-state index contributed by atoms with van der Waals surface area (Å²) >= 11 is 0. The van der Waals surface area contributed by atoms with Gasteiger partial charge in [-0.05, 0) is 36.1 Å². The average molecular weight is 361 g/mol. The Labute approximate surface area is 158 Å². The number of benzene rings is 1. The number of carbonyl (C=O) groups is 1. The first-order chi connectivity index (χ1) is 13.2. The van der Waals surface area contributed by atoms with Gasteiger partial charge in [0, 0.05) is 39.4 Å². The third kappa shape index (κ3) is 2.76. The third-order valence-corrected chi connectivity index (χ3v) is 5.87. The van der Waals surface area contributed by atoms with Gasteiger partial charge in [-0.2, -0.15) is 0 Å². The normalized spacial score (nSPS) is 19.5. The van der Waals surface area contributed by atoms with E-state index in [0.29, 0.717) is 0 Å². The lowest BCUT2D eigenvalue weighted by atomic mass is 9.98. The van der Waals surface area contributed by atoms with E-state index < -0.39 is 0 Å². The van der Waals surface area contributed by atoms with Gasteiger partial charge >= 0.3 is 0 Å². The first-order valence-electron chi connectivity index (χ1n) is 9.58. The number of hydrogen-bond donors (Lipinski definition) is 0. The number of rotatable bonds is 2. The van der Waals surface area contributed by atoms with Crippen molar-refractivity contribution in [2.24, 2.45) is 13.0 Å². The highest BCUT2D eigenvalue weighted by Crippen LogP contribution is 2.28. The standard InChI is InChI=1S/C21H23N5O/c1-24-19-18(7-4-10-22-19)23-21(24)26-12-9-17(14-26)20(27)25-11-8-15-5-2-3-6-16(15)13-25/h2-7,10,17H,8-9,11-14H2,1H3. The molecule has 1 amide bonds. The predicted octanol–water partition coefficient (Wildman–Crippen LogP) is 2.38. The Bertz CT molecular complexity index is 1010. The van der Waals surface area contributed by atoms with Crippen molar-refractivity contribution in [1.29, 1.82) is 0 Å². The Hall–Kier alpha value is -2.89. The van der Waals surface area contributed by atoms with Crippen molar-refractivity contribution in [2.75, 3.05) is 24.5 Å². The summed E-state index contributed by atoms with van der Waals surface area (Å²) in [6.45, 7) is 3.15. The van der Waals surface area contributed by atoms with E-state index in [0.717, 1.165) is 56.1 Å². The number of amides is 1. The van der Waals surface area contributed by atoms with Gasteiger partial charge in [0.15, 0.2) is 5.65 Å². The van der Waals surface area contributed by atoms with E-state index in [-0.39, 0.29) is 11.8 Å². The van der Waals surface area contributed by atoms with Gasteiger partial charge < -0.3 is 9.80 Å². The maximum Gasteiger partial charge on any atom is 0.227 e. The highest BCUT2D eigenvalue weighted by Gasteiger charge is 2.34. The molecule has 3 aromatic rings. The van der Waals surface area contributed by atoms with Crippen LogP contribution >= 0.6 is 0 Å². The Morgan fingerprint density at radius 1 is 1.11 bits per heavy atom. The molecule has 1 fully saturated rings. The molecule has 1 unspecified atom stereocenters. The fourth-order valence-corrected chi connectivity index (χ4v) is 4.38. The van der Waals surface area contributed by atoms with E-state index >= 15 is 0 Å². The van der Waals surface area contributed by atoms with Crippen LogP contribution in [0.5, 0.6) is 0 Å². The molecule has 0 radical (unpaired) electrons. The van der Waals surface area contributed by atoms with Crippen LogP contribution in [0.3, 0.4) is 0 Å². The molecule has 2 aliphatic rings. The van der Waals surface area contributed by atoms with Crippen molar-refractivity contribution in [3.63, 3.8) is 0 Å². The van der Waals surface area contributed by atoms with E-state index in [1.54, 1.807) is 6.20 Å². The summed E-state index contributed by atoms with van der Waals surface area (Å²) in [5, 5.41) is 0. The topological polar surface area (TPSA) is 54.3 Å². The maximum atomic E-state index is 13.1. The van der Waals surface area contributed by atoms with Gasteiger partial charge in [-0.15, -0.1) is 0 Å². The fourth-order valence-electron chi connectivity index (χ4n) is 4.38. The number of aryl methyl sites for hydroxylation is 1. The van der Waals surface area contributed by atoms with Crippen molar-refractivity contribution in [3.05, 3.63) is 53.7 Å². The number of anilines is 1. The summed E-state index contributed by atoms with van der Waals surface area (Å²) in [4.78, 5) is 26.5. The lowest BCUT2D eigenvalue weighted by molar-refractivity contribution is -0.135. The molecular formula is C21H23N5O. The highest BCUT2D eigenvalue weighted by atomic mass is 16.2. The number of aromatic nitrogens is 3. The van der Waals surface area contributed by atoms with Gasteiger partial charge in [0.25, 0.3) is 0 Å². The van der Waals surface area contributed by atoms with Crippen molar-refractivity contribution < 1.29 is 4.79 Å². The first kappa shape index (κ1) is 16.3. The lowest BCUT2D eigenvalue weighted by Gasteiger charge is -2.31. The lowest BCUT2D eigenvalue weighted by Crippen LogP contribution is -2.40. The molecular weight excluding hydrogens is 338 g/mol. The predicted molar refractivity (Wildman–Crippen MR) is 104 cm³/mol. The molecule has 0 spiro atoms. The van der Waals surface area contributed by atoms with E-state index in [1.807, 2.05) is 28.6 Å². The van der Waals surface area contributed by atoms with Gasteiger partial charge in [0.05, 0.1) is 5.92 Å². The molecule has 5 rings (SSSR count). The molecule has 6 nitrogen and oxygen atoms in total. The van der Waals surface area contributed by atoms with E-state index in [1.165, 1.54) is 11.1 Å². The summed E-state index contributed by atoms with van der Waals surface area (Å²) in [6.07, 6.45) is 3.63. The summed E-state index contributed by atoms with van der Waals surface area (Å²) in [5.41, 5.74) is 4.45. The number of hydrogen-bond acceptors (Lipinski definition) is 4. The molecule has 1 saturated heterocycles. The molecule has 27 heavy (non-hydrogen) atoms. The van der Waals surface area contributed by atoms with Crippen molar-refractivity contribution in [1.82, 2.24) is 19.4 Å². The smallest absolute Gasteiger partial charge is 0.227 e. The molecule has 2 aromatic heterocycles. The number of pyridine rings is 1. The summed E-state index contributed by atoms with van der Waals surface area (Å²) in [5.74, 6) is 1.23. The Kier molecular flexibility index (Phi) is 3.85. The maximum absolute atomic E-state index is 13.1. The van der Waals surface area contributed by atoms with Crippen LogP contribution in [-0.4, -0.2) is 45.0 Å². The zero-order valence-electron chi connectivity index (χ0n) is 15.5. The van der Waals surface area contributed by atoms with Gasteiger partial charge in [-0.25, -0.2) is 9.97 Å². The average Bonchev–Trinajstić information content (AvgIpc) is 3.32. The molecule has 6 heteroatoms. The molecule has 1 aromatic carbocycles. The van der Waals surface area contributed by atoms with Crippen molar-refractivity contribution >= 4 is 23.0 Å². The second-order valence-electron chi connectivity index (χ2n) is 7.53. The molecule has 2 aliphatic heterocycles. The van der Waals surface area contributed by atoms with Gasteiger partial charge in [-0.1, -0.05) is 24.3 Å². The Morgan fingerprint density at radius 2 is 1.96 bits per heavy atom. The Morgan fingerprint density at radius 3 is 2.81 bits per heavy atom. The largest absolute Gasteiger partial charge is 0.341 e. The van der Waals surface area contributed by atoms with Crippen LogP contribution in [-0.2, 0) is 24.8 Å². The van der Waals surface area contributed by atoms with Crippen LogP contribution in [0, 0.1) is 5.92 Å². The molecule has 0 bridgehead atoms. The second-order valence-corrected chi connectivity index (χ2v) is 7.53. The minimum absolute atomic E-state index is 0.0445. The Balaban J connectivity index is 1.32. The minimum Gasteiger partial charge on any atom is -0.341 e. The van der Waals surface area contributed by atoms with Gasteiger partial charge in [-0.3, -0.25) is 9.36 Å². The molecule has 4 heterocycles. The van der Waals surface area contributed by atoms with Crippen LogP contribution in [0.25, 0.3) is 11.2 Å². The molecule has 0 N–H and O–H groups in total. The highest BCUT2D eigenvalue weighted by molar-refractivity contribution is 5.81. The zero-order chi connectivity index (χ0) is 18.4. The van der Waals surface area contributed by atoms with E-state index in [9.17, 15) is 4.79 Å². The van der Waals surface area contributed by atoms with Gasteiger partial charge in [0.1, 0.15) is 5.52 Å². The molecule has 0 aliphatic carbocycles. The van der Waals surface area contributed by atoms with E-state index in [2.05, 4.69) is 34.1 Å². The zero-order valence-corrected chi connectivity index (χ0v) is 15.5. The quantitative estimate of drug-likeness (QED) is 0.703. The second kappa shape index (κ2) is 6.37. The SMILES string of the molecule is Cn1c(N2CCC(C(=O)N3CCc4ccccc4C3)C2)nc2cccnc21.